The van der Waals surface area contributed by atoms with Gasteiger partial charge >= 0.3 is 0 Å². The molecule has 1 aromatic rings. The molecule has 108 valence electrons. The summed E-state index contributed by atoms with van der Waals surface area (Å²) in [7, 11) is 0. The van der Waals surface area contributed by atoms with Crippen LogP contribution >= 0.6 is 15.9 Å². The molecule has 20 heavy (non-hydrogen) atoms. The molecule has 0 saturated heterocycles. The predicted octanol–water partition coefficient (Wildman–Crippen LogP) is 3.06. The number of carbonyl (C=O) groups excluding carboxylic acids is 1. The molecule has 1 aliphatic heterocycles. The molecule has 1 unspecified atom stereocenters. The number of amides is 1. The van der Waals surface area contributed by atoms with Gasteiger partial charge in [-0.2, -0.15) is 0 Å². The Labute approximate surface area is 127 Å². The fraction of sp³-hybridized carbons (Fsp3) is 0.533. The lowest BCUT2D eigenvalue weighted by Crippen LogP contribution is -2.32. The molecule has 0 radical (unpaired) electrons. The van der Waals surface area contributed by atoms with Crippen LogP contribution in [0.2, 0.25) is 0 Å². The number of aliphatic hydroxyl groups is 1. The van der Waals surface area contributed by atoms with Crippen molar-refractivity contribution in [1.29, 1.82) is 0 Å². The predicted molar refractivity (Wildman–Crippen MR) is 83.0 cm³/mol. The van der Waals surface area contributed by atoms with Crippen LogP contribution in [0.15, 0.2) is 16.6 Å². The zero-order valence-electron chi connectivity index (χ0n) is 11.5. The summed E-state index contributed by atoms with van der Waals surface area (Å²) in [6.45, 7) is 4.14. The number of halogens is 1. The summed E-state index contributed by atoms with van der Waals surface area (Å²) in [6.07, 6.45) is 2.93. The highest BCUT2D eigenvalue weighted by atomic mass is 79.9. The largest absolute Gasteiger partial charge is 0.378 e. The Balaban J connectivity index is 1.89. The van der Waals surface area contributed by atoms with Crippen LogP contribution in [0, 0.1) is 5.92 Å². The second-order valence-electron chi connectivity index (χ2n) is 5.62. The van der Waals surface area contributed by atoms with Crippen LogP contribution in [0.25, 0.3) is 0 Å². The number of rotatable bonds is 4. The normalized spacial score (nSPS) is 21.4. The van der Waals surface area contributed by atoms with E-state index in [1.54, 1.807) is 0 Å². The Morgan fingerprint density at radius 3 is 2.80 bits per heavy atom. The van der Waals surface area contributed by atoms with E-state index in [1.807, 2.05) is 12.1 Å². The fourth-order valence-corrected chi connectivity index (χ4v) is 3.49. The average molecular weight is 339 g/mol. The monoisotopic (exact) mass is 338 g/mol. The summed E-state index contributed by atoms with van der Waals surface area (Å²) in [5, 5.41) is 12.5. The van der Waals surface area contributed by atoms with Crippen molar-refractivity contribution in [2.45, 2.75) is 32.3 Å². The first-order valence-electron chi connectivity index (χ1n) is 7.17. The van der Waals surface area contributed by atoms with Crippen LogP contribution in [0.5, 0.6) is 0 Å². The Morgan fingerprint density at radius 1 is 1.45 bits per heavy atom. The lowest BCUT2D eigenvalue weighted by Gasteiger charge is -2.33. The van der Waals surface area contributed by atoms with E-state index >= 15 is 0 Å². The van der Waals surface area contributed by atoms with E-state index in [-0.39, 0.29) is 5.91 Å². The van der Waals surface area contributed by atoms with Gasteiger partial charge in [-0.3, -0.25) is 4.79 Å². The first-order chi connectivity index (χ1) is 9.60. The van der Waals surface area contributed by atoms with E-state index in [4.69, 9.17) is 0 Å². The lowest BCUT2D eigenvalue weighted by molar-refractivity contribution is -0.123. The number of fused-ring (bicyclic) bond motifs is 1. The van der Waals surface area contributed by atoms with Crippen molar-refractivity contribution in [3.05, 3.63) is 22.2 Å². The molecular weight excluding hydrogens is 320 g/mol. The summed E-state index contributed by atoms with van der Waals surface area (Å²) in [5.41, 5.74) is 2.48. The van der Waals surface area contributed by atoms with Gasteiger partial charge in [0.05, 0.1) is 5.69 Å². The first kappa shape index (κ1) is 13.9. The van der Waals surface area contributed by atoms with Crippen LogP contribution < -0.4 is 10.2 Å². The van der Waals surface area contributed by atoms with Crippen LogP contribution in [0.1, 0.15) is 37.9 Å². The van der Waals surface area contributed by atoms with E-state index < -0.39 is 6.10 Å². The van der Waals surface area contributed by atoms with Crippen molar-refractivity contribution < 1.29 is 9.90 Å². The number of nitrogens with zero attached hydrogens (tertiary/aromatic N) is 1. The standard InChI is InChI=1S/C15H19BrN2O2/c1-2-18(8-9-4-3-5-9)13-7-12-10(6-11(13)16)14(19)15(20)17-12/h6-7,9,14,19H,2-5,8H2,1H3,(H,17,20). The maximum absolute atomic E-state index is 11.5. The Kier molecular flexibility index (Phi) is 3.73. The van der Waals surface area contributed by atoms with Gasteiger partial charge in [-0.1, -0.05) is 6.42 Å². The van der Waals surface area contributed by atoms with E-state index in [1.165, 1.54) is 19.3 Å². The number of hydrogen-bond donors (Lipinski definition) is 2. The minimum absolute atomic E-state index is 0.342. The highest BCUT2D eigenvalue weighted by Gasteiger charge is 2.30. The summed E-state index contributed by atoms with van der Waals surface area (Å²) in [5.74, 6) is 0.446. The molecule has 1 aromatic carbocycles. The van der Waals surface area contributed by atoms with Crippen LogP contribution in [0.3, 0.4) is 0 Å². The minimum Gasteiger partial charge on any atom is -0.378 e. The quantitative estimate of drug-likeness (QED) is 0.887. The number of hydrogen-bond acceptors (Lipinski definition) is 3. The molecule has 0 spiro atoms. The number of anilines is 2. The van der Waals surface area contributed by atoms with Gasteiger partial charge in [0.15, 0.2) is 6.10 Å². The zero-order valence-corrected chi connectivity index (χ0v) is 13.1. The minimum atomic E-state index is -1.04. The smallest absolute Gasteiger partial charge is 0.257 e. The molecule has 2 N–H and O–H groups in total. The van der Waals surface area contributed by atoms with Crippen LogP contribution in [0.4, 0.5) is 11.4 Å². The molecule has 1 amide bonds. The molecule has 5 heteroatoms. The van der Waals surface area contributed by atoms with Gasteiger partial charge in [-0.25, -0.2) is 0 Å². The number of aliphatic hydroxyl groups excluding tert-OH is 1. The number of carbonyl (C=O) groups is 1. The Morgan fingerprint density at radius 2 is 2.20 bits per heavy atom. The van der Waals surface area contributed by atoms with Gasteiger partial charge < -0.3 is 15.3 Å². The second kappa shape index (κ2) is 5.37. The third kappa shape index (κ3) is 2.33. The molecule has 1 heterocycles. The van der Waals surface area contributed by atoms with Gasteiger partial charge in [-0.05, 0) is 53.7 Å². The summed E-state index contributed by atoms with van der Waals surface area (Å²) >= 11 is 3.58. The molecule has 1 saturated carbocycles. The zero-order chi connectivity index (χ0) is 14.3. The molecule has 3 rings (SSSR count). The van der Waals surface area contributed by atoms with Crippen molar-refractivity contribution in [3.63, 3.8) is 0 Å². The van der Waals surface area contributed by atoms with Crippen LogP contribution in [-0.2, 0) is 4.79 Å². The highest BCUT2D eigenvalue weighted by molar-refractivity contribution is 9.10. The third-order valence-corrected chi connectivity index (χ3v) is 4.98. The second-order valence-corrected chi connectivity index (χ2v) is 6.47. The molecule has 4 nitrogen and oxygen atoms in total. The van der Waals surface area contributed by atoms with Gasteiger partial charge in [0.1, 0.15) is 0 Å². The van der Waals surface area contributed by atoms with E-state index in [9.17, 15) is 9.90 Å². The Hall–Kier alpha value is -1.07. The molecule has 1 aliphatic carbocycles. The molecule has 1 atom stereocenters. The van der Waals surface area contributed by atoms with E-state index in [0.29, 0.717) is 5.56 Å². The highest BCUT2D eigenvalue weighted by Crippen LogP contribution is 2.40. The van der Waals surface area contributed by atoms with Crippen molar-refractivity contribution in [3.8, 4) is 0 Å². The molecule has 0 bridgehead atoms. The number of nitrogens with one attached hydrogen (secondary N) is 1. The van der Waals surface area contributed by atoms with Gasteiger partial charge in [0, 0.05) is 28.8 Å². The van der Waals surface area contributed by atoms with Crippen molar-refractivity contribution >= 4 is 33.2 Å². The summed E-state index contributed by atoms with van der Waals surface area (Å²) in [6, 6.07) is 3.83. The fourth-order valence-electron chi connectivity index (χ4n) is 2.88. The summed E-state index contributed by atoms with van der Waals surface area (Å²) < 4.78 is 0.938. The first-order valence-corrected chi connectivity index (χ1v) is 7.96. The topological polar surface area (TPSA) is 52.6 Å². The summed E-state index contributed by atoms with van der Waals surface area (Å²) in [4.78, 5) is 13.9. The third-order valence-electron chi connectivity index (χ3n) is 4.35. The molecular formula is C15H19BrN2O2. The van der Waals surface area contributed by atoms with Crippen LogP contribution in [-0.4, -0.2) is 24.1 Å². The van der Waals surface area contributed by atoms with Gasteiger partial charge in [0.2, 0.25) is 0 Å². The van der Waals surface area contributed by atoms with E-state index in [0.717, 1.165) is 34.9 Å². The van der Waals surface area contributed by atoms with Crippen molar-refractivity contribution in [2.24, 2.45) is 5.92 Å². The van der Waals surface area contributed by atoms with Gasteiger partial charge in [0.25, 0.3) is 5.91 Å². The lowest BCUT2D eigenvalue weighted by atomic mass is 9.85. The maximum atomic E-state index is 11.5. The molecule has 1 fully saturated rings. The Bertz CT molecular complexity index is 543. The van der Waals surface area contributed by atoms with Crippen molar-refractivity contribution in [2.75, 3.05) is 23.3 Å². The van der Waals surface area contributed by atoms with Crippen molar-refractivity contribution in [1.82, 2.24) is 0 Å². The number of benzene rings is 1. The molecule has 0 aromatic heterocycles. The van der Waals surface area contributed by atoms with Gasteiger partial charge in [-0.15, -0.1) is 0 Å². The average Bonchev–Trinajstić information content (AvgIpc) is 2.64. The molecule has 2 aliphatic rings. The maximum Gasteiger partial charge on any atom is 0.257 e. The van der Waals surface area contributed by atoms with E-state index in [2.05, 4.69) is 33.1 Å². The SMILES string of the molecule is CCN(CC1CCC1)c1cc2c(cc1Br)C(O)C(=O)N2.